The van der Waals surface area contributed by atoms with E-state index in [1.54, 1.807) is 0 Å². The monoisotopic (exact) mass is 260 g/mol. The van der Waals surface area contributed by atoms with Gasteiger partial charge in [-0.25, -0.2) is 0 Å². The molecule has 0 saturated heterocycles. The summed E-state index contributed by atoms with van der Waals surface area (Å²) >= 11 is 0. The molecule has 1 aromatic carbocycles. The molecule has 1 atom stereocenters. The van der Waals surface area contributed by atoms with Crippen molar-refractivity contribution in [1.82, 2.24) is 10.3 Å². The SMILES string of the molecule is CCC(CO)NC(=O)Cc1c(C)[nH]c2ccccc12. The summed E-state index contributed by atoms with van der Waals surface area (Å²) in [5, 5.41) is 13.0. The normalized spacial score (nSPS) is 12.6. The van der Waals surface area contributed by atoms with Crippen molar-refractivity contribution in [2.24, 2.45) is 0 Å². The molecular weight excluding hydrogens is 240 g/mol. The second kappa shape index (κ2) is 5.89. The standard InChI is InChI=1S/C15H20N2O2/c1-3-11(9-18)17-15(19)8-13-10(2)16-14-7-5-4-6-12(13)14/h4-7,11,16,18H,3,8-9H2,1-2H3,(H,17,19). The molecule has 0 fully saturated rings. The van der Waals surface area contributed by atoms with E-state index in [1.807, 2.05) is 38.1 Å². The van der Waals surface area contributed by atoms with E-state index in [4.69, 9.17) is 5.11 Å². The number of aryl methyl sites for hydroxylation is 1. The minimum Gasteiger partial charge on any atom is -0.394 e. The predicted octanol–water partition coefficient (Wildman–Crippen LogP) is 1.91. The molecular formula is C15H20N2O2. The average Bonchev–Trinajstić information content (AvgIpc) is 2.72. The summed E-state index contributed by atoms with van der Waals surface area (Å²) in [6, 6.07) is 7.82. The number of fused-ring (bicyclic) bond motifs is 1. The van der Waals surface area contributed by atoms with Gasteiger partial charge < -0.3 is 15.4 Å². The fraction of sp³-hybridized carbons (Fsp3) is 0.400. The highest BCUT2D eigenvalue weighted by Gasteiger charge is 2.14. The number of para-hydroxylation sites is 1. The third-order valence-electron chi connectivity index (χ3n) is 3.44. The van der Waals surface area contributed by atoms with Gasteiger partial charge in [-0.3, -0.25) is 4.79 Å². The number of hydrogen-bond acceptors (Lipinski definition) is 2. The van der Waals surface area contributed by atoms with Crippen LogP contribution in [0.1, 0.15) is 24.6 Å². The van der Waals surface area contributed by atoms with Crippen LogP contribution < -0.4 is 5.32 Å². The molecule has 4 heteroatoms. The zero-order valence-corrected chi connectivity index (χ0v) is 11.4. The molecule has 1 unspecified atom stereocenters. The molecule has 19 heavy (non-hydrogen) atoms. The lowest BCUT2D eigenvalue weighted by molar-refractivity contribution is -0.121. The summed E-state index contributed by atoms with van der Waals surface area (Å²) in [4.78, 5) is 15.3. The van der Waals surface area contributed by atoms with Gasteiger partial charge in [0.15, 0.2) is 0 Å². The van der Waals surface area contributed by atoms with Gasteiger partial charge in [0, 0.05) is 16.6 Å². The van der Waals surface area contributed by atoms with E-state index in [9.17, 15) is 4.79 Å². The molecule has 4 nitrogen and oxygen atoms in total. The lowest BCUT2D eigenvalue weighted by Crippen LogP contribution is -2.37. The van der Waals surface area contributed by atoms with Crippen LogP contribution >= 0.6 is 0 Å². The molecule has 0 aliphatic rings. The van der Waals surface area contributed by atoms with Gasteiger partial charge in [-0.1, -0.05) is 25.1 Å². The Hall–Kier alpha value is -1.81. The first-order chi connectivity index (χ1) is 9.15. The molecule has 1 amide bonds. The van der Waals surface area contributed by atoms with Gasteiger partial charge in [0.05, 0.1) is 19.1 Å². The van der Waals surface area contributed by atoms with Crippen LogP contribution in [0.25, 0.3) is 10.9 Å². The Labute approximate surface area is 112 Å². The molecule has 102 valence electrons. The number of hydrogen-bond donors (Lipinski definition) is 3. The number of aromatic nitrogens is 1. The molecule has 0 aliphatic carbocycles. The maximum atomic E-state index is 12.0. The highest BCUT2D eigenvalue weighted by atomic mass is 16.3. The molecule has 0 spiro atoms. The molecule has 0 bridgehead atoms. The van der Waals surface area contributed by atoms with Crippen molar-refractivity contribution < 1.29 is 9.90 Å². The highest BCUT2D eigenvalue weighted by molar-refractivity contribution is 5.90. The second-order valence-electron chi connectivity index (χ2n) is 4.81. The predicted molar refractivity (Wildman–Crippen MR) is 76.0 cm³/mol. The summed E-state index contributed by atoms with van der Waals surface area (Å²) < 4.78 is 0. The first-order valence-electron chi connectivity index (χ1n) is 6.62. The summed E-state index contributed by atoms with van der Waals surface area (Å²) in [6.07, 6.45) is 1.07. The zero-order valence-electron chi connectivity index (χ0n) is 11.4. The second-order valence-corrected chi connectivity index (χ2v) is 4.81. The van der Waals surface area contributed by atoms with Crippen LogP contribution in [0.15, 0.2) is 24.3 Å². The van der Waals surface area contributed by atoms with Gasteiger partial charge in [-0.05, 0) is 25.0 Å². The number of benzene rings is 1. The zero-order chi connectivity index (χ0) is 13.8. The molecule has 3 N–H and O–H groups in total. The quantitative estimate of drug-likeness (QED) is 0.769. The van der Waals surface area contributed by atoms with E-state index in [0.717, 1.165) is 28.6 Å². The van der Waals surface area contributed by atoms with Gasteiger partial charge in [-0.2, -0.15) is 0 Å². The average molecular weight is 260 g/mol. The Bertz CT molecular complexity index is 571. The summed E-state index contributed by atoms with van der Waals surface area (Å²) in [6.45, 7) is 3.90. The van der Waals surface area contributed by atoms with Gasteiger partial charge in [0.25, 0.3) is 0 Å². The van der Waals surface area contributed by atoms with E-state index in [-0.39, 0.29) is 18.6 Å². The number of aliphatic hydroxyl groups is 1. The third-order valence-corrected chi connectivity index (χ3v) is 3.44. The van der Waals surface area contributed by atoms with E-state index < -0.39 is 0 Å². The van der Waals surface area contributed by atoms with Crippen molar-refractivity contribution in [1.29, 1.82) is 0 Å². The van der Waals surface area contributed by atoms with Gasteiger partial charge in [0.2, 0.25) is 5.91 Å². The maximum absolute atomic E-state index is 12.0. The lowest BCUT2D eigenvalue weighted by Gasteiger charge is -2.13. The number of aliphatic hydroxyl groups excluding tert-OH is 1. The molecule has 2 aromatic rings. The van der Waals surface area contributed by atoms with Gasteiger partial charge >= 0.3 is 0 Å². The van der Waals surface area contributed by atoms with Crippen LogP contribution in [-0.4, -0.2) is 28.6 Å². The summed E-state index contributed by atoms with van der Waals surface area (Å²) in [5.74, 6) is -0.0475. The Morgan fingerprint density at radius 1 is 1.42 bits per heavy atom. The summed E-state index contributed by atoms with van der Waals surface area (Å²) in [5.41, 5.74) is 3.10. The number of amides is 1. The number of carbonyl (C=O) groups is 1. The van der Waals surface area contributed by atoms with Crippen LogP contribution in [0.4, 0.5) is 0 Å². The van der Waals surface area contributed by atoms with Crippen molar-refractivity contribution in [3.05, 3.63) is 35.5 Å². The van der Waals surface area contributed by atoms with E-state index in [1.165, 1.54) is 0 Å². The highest BCUT2D eigenvalue weighted by Crippen LogP contribution is 2.22. The first-order valence-corrected chi connectivity index (χ1v) is 6.62. The lowest BCUT2D eigenvalue weighted by atomic mass is 10.1. The van der Waals surface area contributed by atoms with Crippen molar-refractivity contribution in [3.63, 3.8) is 0 Å². The number of aromatic amines is 1. The maximum Gasteiger partial charge on any atom is 0.224 e. The molecule has 0 saturated carbocycles. The Kier molecular flexibility index (Phi) is 4.22. The van der Waals surface area contributed by atoms with Crippen LogP contribution in [0.3, 0.4) is 0 Å². The minimum atomic E-state index is -0.155. The van der Waals surface area contributed by atoms with Crippen molar-refractivity contribution in [3.8, 4) is 0 Å². The largest absolute Gasteiger partial charge is 0.394 e. The van der Waals surface area contributed by atoms with Crippen LogP contribution in [0, 0.1) is 6.92 Å². The number of rotatable bonds is 5. The Morgan fingerprint density at radius 2 is 2.16 bits per heavy atom. The molecule has 1 heterocycles. The third kappa shape index (κ3) is 2.96. The Morgan fingerprint density at radius 3 is 2.84 bits per heavy atom. The van der Waals surface area contributed by atoms with Crippen LogP contribution in [-0.2, 0) is 11.2 Å². The minimum absolute atomic E-state index is 0.0187. The molecule has 0 radical (unpaired) electrons. The van der Waals surface area contributed by atoms with Crippen molar-refractivity contribution in [2.45, 2.75) is 32.7 Å². The number of nitrogens with one attached hydrogen (secondary N) is 2. The molecule has 1 aromatic heterocycles. The van der Waals surface area contributed by atoms with Crippen molar-refractivity contribution >= 4 is 16.8 Å². The first kappa shape index (κ1) is 13.6. The summed E-state index contributed by atoms with van der Waals surface area (Å²) in [7, 11) is 0. The fourth-order valence-corrected chi connectivity index (χ4v) is 2.28. The molecule has 0 aliphatic heterocycles. The van der Waals surface area contributed by atoms with Gasteiger partial charge in [0.1, 0.15) is 0 Å². The Balaban J connectivity index is 2.17. The fourth-order valence-electron chi connectivity index (χ4n) is 2.28. The smallest absolute Gasteiger partial charge is 0.224 e. The van der Waals surface area contributed by atoms with E-state index in [2.05, 4.69) is 10.3 Å². The molecule has 2 rings (SSSR count). The van der Waals surface area contributed by atoms with Gasteiger partial charge in [-0.15, -0.1) is 0 Å². The van der Waals surface area contributed by atoms with Crippen molar-refractivity contribution in [2.75, 3.05) is 6.61 Å². The van der Waals surface area contributed by atoms with Crippen LogP contribution in [0.2, 0.25) is 0 Å². The number of H-pyrrole nitrogens is 1. The number of carbonyl (C=O) groups excluding carboxylic acids is 1. The topological polar surface area (TPSA) is 65.1 Å². The van der Waals surface area contributed by atoms with E-state index >= 15 is 0 Å². The van der Waals surface area contributed by atoms with E-state index in [0.29, 0.717) is 6.42 Å². The van der Waals surface area contributed by atoms with Crippen LogP contribution in [0.5, 0.6) is 0 Å².